The van der Waals surface area contributed by atoms with Gasteiger partial charge in [-0.05, 0) is 51.1 Å². The molecule has 1 aliphatic carbocycles. The van der Waals surface area contributed by atoms with Crippen molar-refractivity contribution in [2.75, 3.05) is 19.6 Å². The summed E-state index contributed by atoms with van der Waals surface area (Å²) in [4.78, 5) is 14.1. The molecule has 96 valence electrons. The molecule has 0 unspecified atom stereocenters. The van der Waals surface area contributed by atoms with E-state index in [-0.39, 0.29) is 0 Å². The van der Waals surface area contributed by atoms with E-state index in [1.807, 2.05) is 11.0 Å². The first kappa shape index (κ1) is 12.6. The van der Waals surface area contributed by atoms with Gasteiger partial charge in [-0.1, -0.05) is 6.08 Å². The smallest absolute Gasteiger partial charge is 0.223 e. The Hall–Kier alpha value is -0.830. The van der Waals surface area contributed by atoms with Gasteiger partial charge in [0.15, 0.2) is 0 Å². The number of amides is 1. The van der Waals surface area contributed by atoms with E-state index in [1.165, 1.54) is 25.7 Å². The van der Waals surface area contributed by atoms with Crippen molar-refractivity contribution in [3.8, 4) is 0 Å². The van der Waals surface area contributed by atoms with Crippen LogP contribution in [0.5, 0.6) is 0 Å². The van der Waals surface area contributed by atoms with Gasteiger partial charge in [-0.25, -0.2) is 0 Å². The second kappa shape index (κ2) is 6.20. The minimum Gasteiger partial charge on any atom is -0.336 e. The number of nitrogens with zero attached hydrogens (tertiary/aromatic N) is 1. The van der Waals surface area contributed by atoms with Crippen LogP contribution in [0.4, 0.5) is 0 Å². The lowest BCUT2D eigenvalue weighted by molar-refractivity contribution is -0.131. The van der Waals surface area contributed by atoms with Crippen LogP contribution in [0.2, 0.25) is 0 Å². The Morgan fingerprint density at radius 3 is 2.59 bits per heavy atom. The second-order valence-corrected chi connectivity index (χ2v) is 5.30. The van der Waals surface area contributed by atoms with Crippen LogP contribution >= 0.6 is 0 Å². The Labute approximate surface area is 104 Å². The van der Waals surface area contributed by atoms with Gasteiger partial charge in [0, 0.05) is 19.0 Å². The Morgan fingerprint density at radius 1 is 1.29 bits per heavy atom. The average Bonchev–Trinajstić information content (AvgIpc) is 3.18. The van der Waals surface area contributed by atoms with Gasteiger partial charge in [-0.3, -0.25) is 4.79 Å². The van der Waals surface area contributed by atoms with Crippen LogP contribution in [-0.2, 0) is 4.79 Å². The molecule has 0 bridgehead atoms. The number of piperidine rings is 1. The molecule has 1 saturated heterocycles. The predicted molar refractivity (Wildman–Crippen MR) is 69.8 cm³/mol. The number of carbonyl (C=O) groups excluding carboxylic acids is 1. The molecule has 1 saturated carbocycles. The molecule has 2 aliphatic rings. The summed E-state index contributed by atoms with van der Waals surface area (Å²) < 4.78 is 0. The SMILES string of the molecule is C=CCN(C(=O)CCC1CCNCC1)C1CC1. The fourth-order valence-electron chi connectivity index (χ4n) is 2.62. The van der Waals surface area contributed by atoms with E-state index in [4.69, 9.17) is 0 Å². The maximum atomic E-state index is 12.1. The highest BCUT2D eigenvalue weighted by Gasteiger charge is 2.31. The van der Waals surface area contributed by atoms with Gasteiger partial charge in [0.05, 0.1) is 0 Å². The molecule has 0 aromatic heterocycles. The Bertz CT molecular complexity index is 267. The second-order valence-electron chi connectivity index (χ2n) is 5.30. The lowest BCUT2D eigenvalue weighted by Crippen LogP contribution is -2.34. The minimum atomic E-state index is 0.339. The number of rotatable bonds is 6. The third-order valence-electron chi connectivity index (χ3n) is 3.86. The first-order valence-corrected chi connectivity index (χ1v) is 6.92. The maximum absolute atomic E-state index is 12.1. The standard InChI is InChI=1S/C14H24N2O/c1-2-11-16(13-4-5-13)14(17)6-3-12-7-9-15-10-8-12/h2,12-13,15H,1,3-11H2. The van der Waals surface area contributed by atoms with Gasteiger partial charge in [0.2, 0.25) is 5.91 Å². The van der Waals surface area contributed by atoms with Crippen molar-refractivity contribution in [3.63, 3.8) is 0 Å². The van der Waals surface area contributed by atoms with Gasteiger partial charge in [-0.15, -0.1) is 6.58 Å². The van der Waals surface area contributed by atoms with Crippen molar-refractivity contribution >= 4 is 5.91 Å². The van der Waals surface area contributed by atoms with Crippen molar-refractivity contribution < 1.29 is 4.79 Å². The Balaban J connectivity index is 1.72. The molecule has 3 heteroatoms. The largest absolute Gasteiger partial charge is 0.336 e. The lowest BCUT2D eigenvalue weighted by Gasteiger charge is -2.25. The van der Waals surface area contributed by atoms with E-state index in [1.54, 1.807) is 0 Å². The van der Waals surface area contributed by atoms with Gasteiger partial charge in [-0.2, -0.15) is 0 Å². The maximum Gasteiger partial charge on any atom is 0.223 e. The third-order valence-corrected chi connectivity index (χ3v) is 3.86. The number of hydrogen-bond donors (Lipinski definition) is 1. The zero-order valence-electron chi connectivity index (χ0n) is 10.7. The molecular weight excluding hydrogens is 212 g/mol. The van der Waals surface area contributed by atoms with Crippen LogP contribution in [0.15, 0.2) is 12.7 Å². The molecule has 1 amide bonds. The molecule has 17 heavy (non-hydrogen) atoms. The predicted octanol–water partition coefficient (Wildman–Crippen LogP) is 1.94. The monoisotopic (exact) mass is 236 g/mol. The van der Waals surface area contributed by atoms with Crippen molar-refractivity contribution in [1.29, 1.82) is 0 Å². The van der Waals surface area contributed by atoms with Crippen LogP contribution in [0.25, 0.3) is 0 Å². The van der Waals surface area contributed by atoms with Crippen molar-refractivity contribution in [3.05, 3.63) is 12.7 Å². The van der Waals surface area contributed by atoms with E-state index < -0.39 is 0 Å². The first-order valence-electron chi connectivity index (χ1n) is 6.92. The highest BCUT2D eigenvalue weighted by atomic mass is 16.2. The molecule has 0 aromatic rings. The molecular formula is C14H24N2O. The van der Waals surface area contributed by atoms with Crippen LogP contribution in [0.1, 0.15) is 38.5 Å². The molecule has 0 aromatic carbocycles. The summed E-state index contributed by atoms with van der Waals surface area (Å²) >= 11 is 0. The zero-order chi connectivity index (χ0) is 12.1. The third kappa shape index (κ3) is 3.84. The normalized spacial score (nSPS) is 21.2. The summed E-state index contributed by atoms with van der Waals surface area (Å²) in [5, 5.41) is 3.37. The molecule has 1 heterocycles. The molecule has 2 rings (SSSR count). The van der Waals surface area contributed by atoms with Gasteiger partial charge >= 0.3 is 0 Å². The average molecular weight is 236 g/mol. The van der Waals surface area contributed by atoms with Crippen LogP contribution < -0.4 is 5.32 Å². The molecule has 0 radical (unpaired) electrons. The lowest BCUT2D eigenvalue weighted by atomic mass is 9.93. The summed E-state index contributed by atoms with van der Waals surface area (Å²) in [6, 6.07) is 0.522. The first-order chi connectivity index (χ1) is 8.31. The fraction of sp³-hybridized carbons (Fsp3) is 0.786. The van der Waals surface area contributed by atoms with Gasteiger partial charge in [0.25, 0.3) is 0 Å². The van der Waals surface area contributed by atoms with E-state index in [0.29, 0.717) is 11.9 Å². The number of carbonyl (C=O) groups is 1. The molecule has 2 fully saturated rings. The number of hydrogen-bond acceptors (Lipinski definition) is 2. The Kier molecular flexibility index (Phi) is 4.60. The van der Waals surface area contributed by atoms with Gasteiger partial charge in [0.1, 0.15) is 0 Å². The van der Waals surface area contributed by atoms with Crippen molar-refractivity contribution in [2.45, 2.75) is 44.6 Å². The van der Waals surface area contributed by atoms with E-state index in [2.05, 4.69) is 11.9 Å². The molecule has 3 nitrogen and oxygen atoms in total. The summed E-state index contributed by atoms with van der Waals surface area (Å²) in [5.74, 6) is 1.09. The summed E-state index contributed by atoms with van der Waals surface area (Å²) in [5.41, 5.74) is 0. The van der Waals surface area contributed by atoms with Crippen LogP contribution in [0.3, 0.4) is 0 Å². The topological polar surface area (TPSA) is 32.3 Å². The highest BCUT2D eigenvalue weighted by Crippen LogP contribution is 2.28. The Morgan fingerprint density at radius 2 is 2.00 bits per heavy atom. The minimum absolute atomic E-state index is 0.339. The molecule has 0 atom stereocenters. The summed E-state index contributed by atoms with van der Waals surface area (Å²) in [6.07, 6.45) is 8.49. The van der Waals surface area contributed by atoms with E-state index in [9.17, 15) is 4.79 Å². The number of nitrogens with one attached hydrogen (secondary N) is 1. The van der Waals surface area contributed by atoms with E-state index >= 15 is 0 Å². The molecule has 1 aliphatic heterocycles. The molecule has 1 N–H and O–H groups in total. The quantitative estimate of drug-likeness (QED) is 0.715. The van der Waals surface area contributed by atoms with E-state index in [0.717, 1.165) is 38.4 Å². The van der Waals surface area contributed by atoms with Crippen molar-refractivity contribution in [2.24, 2.45) is 5.92 Å². The fourth-order valence-corrected chi connectivity index (χ4v) is 2.62. The van der Waals surface area contributed by atoms with Crippen LogP contribution in [-0.4, -0.2) is 36.5 Å². The zero-order valence-corrected chi connectivity index (χ0v) is 10.7. The summed E-state index contributed by atoms with van der Waals surface area (Å²) in [7, 11) is 0. The van der Waals surface area contributed by atoms with Crippen molar-refractivity contribution in [1.82, 2.24) is 10.2 Å². The highest BCUT2D eigenvalue weighted by molar-refractivity contribution is 5.77. The van der Waals surface area contributed by atoms with Crippen LogP contribution in [0, 0.1) is 5.92 Å². The molecule has 0 spiro atoms. The summed E-state index contributed by atoms with van der Waals surface area (Å²) in [6.45, 7) is 6.72. The van der Waals surface area contributed by atoms with Gasteiger partial charge < -0.3 is 10.2 Å².